The van der Waals surface area contributed by atoms with Gasteiger partial charge in [-0.15, -0.1) is 10.2 Å². The minimum atomic E-state index is -0.648. The van der Waals surface area contributed by atoms with Crippen molar-refractivity contribution in [3.05, 3.63) is 77.5 Å². The molecule has 33 heavy (non-hydrogen) atoms. The maximum absolute atomic E-state index is 9.58. The summed E-state index contributed by atoms with van der Waals surface area (Å²) in [4.78, 5) is 0. The number of aromatic nitrogens is 2. The highest BCUT2D eigenvalue weighted by atomic mass is 16.5. The third kappa shape index (κ3) is 4.59. The molecule has 6 nitrogen and oxygen atoms in total. The van der Waals surface area contributed by atoms with Crippen LogP contribution in [0.3, 0.4) is 0 Å². The summed E-state index contributed by atoms with van der Waals surface area (Å²) in [5.41, 5.74) is 9.07. The molecule has 0 aliphatic heterocycles. The van der Waals surface area contributed by atoms with Crippen LogP contribution in [0.1, 0.15) is 68.4 Å². The molecule has 0 spiro atoms. The zero-order valence-corrected chi connectivity index (χ0v) is 19.0. The number of aliphatic hydroxyl groups excluding tert-OH is 1. The molecular formula is C27H31N3O3. The third-order valence-electron chi connectivity index (χ3n) is 7.02. The summed E-state index contributed by atoms with van der Waals surface area (Å²) in [7, 11) is 0. The van der Waals surface area contributed by atoms with Gasteiger partial charge in [0.2, 0.25) is 5.88 Å². The van der Waals surface area contributed by atoms with E-state index in [1.807, 2.05) is 12.1 Å². The van der Waals surface area contributed by atoms with Crippen LogP contribution < -0.4 is 15.2 Å². The topological polar surface area (TPSA) is 90.5 Å². The average molecular weight is 446 g/mol. The molecule has 1 atom stereocenters. The molecule has 1 aromatic heterocycles. The van der Waals surface area contributed by atoms with Crippen LogP contribution in [0.4, 0.5) is 0 Å². The van der Waals surface area contributed by atoms with Crippen LogP contribution in [0.2, 0.25) is 0 Å². The molecule has 1 heterocycles. The minimum absolute atomic E-state index is 0.0224. The molecule has 2 saturated carbocycles. The standard InChI is InChI=1S/C27H31N3O3/c1-18(31)25-12-13-26(30-29-25)33-23-10-6-20(7-11-23)27(14-2-3-15-27)19-4-8-22(9-5-19)32-24-16-21(28)17-24/h4-13,18,21,24,31H,2-3,14-17,28H2,1H3/t18?,21-,24-. The van der Waals surface area contributed by atoms with Crippen molar-refractivity contribution in [1.82, 2.24) is 10.2 Å². The second kappa shape index (κ2) is 9.12. The van der Waals surface area contributed by atoms with Crippen molar-refractivity contribution in [1.29, 1.82) is 0 Å². The molecule has 3 N–H and O–H groups in total. The van der Waals surface area contributed by atoms with Crippen molar-refractivity contribution >= 4 is 0 Å². The summed E-state index contributed by atoms with van der Waals surface area (Å²) < 4.78 is 11.9. The fraction of sp³-hybridized carbons (Fsp3) is 0.407. The minimum Gasteiger partial charge on any atom is -0.490 e. The molecule has 172 valence electrons. The number of ether oxygens (including phenoxy) is 2. The van der Waals surface area contributed by atoms with Crippen LogP contribution in [0.25, 0.3) is 0 Å². The van der Waals surface area contributed by atoms with E-state index in [1.54, 1.807) is 19.1 Å². The van der Waals surface area contributed by atoms with E-state index in [1.165, 1.54) is 24.0 Å². The van der Waals surface area contributed by atoms with Gasteiger partial charge in [-0.05, 0) is 74.1 Å². The maximum Gasteiger partial charge on any atom is 0.238 e. The Bertz CT molecular complexity index is 1050. The zero-order valence-electron chi connectivity index (χ0n) is 19.0. The highest BCUT2D eigenvalue weighted by Crippen LogP contribution is 2.47. The number of rotatable bonds is 7. The Labute approximate surface area is 194 Å². The number of benzene rings is 2. The summed E-state index contributed by atoms with van der Waals surface area (Å²) in [6.45, 7) is 1.66. The summed E-state index contributed by atoms with van der Waals surface area (Å²) in [5.74, 6) is 2.05. The Hall–Kier alpha value is -2.96. The summed E-state index contributed by atoms with van der Waals surface area (Å²) >= 11 is 0. The largest absolute Gasteiger partial charge is 0.490 e. The second-order valence-corrected chi connectivity index (χ2v) is 9.38. The second-order valence-electron chi connectivity index (χ2n) is 9.38. The van der Waals surface area contributed by atoms with Gasteiger partial charge in [-0.2, -0.15) is 0 Å². The molecule has 2 aliphatic rings. The molecule has 0 saturated heterocycles. The van der Waals surface area contributed by atoms with Crippen molar-refractivity contribution < 1.29 is 14.6 Å². The molecule has 2 fully saturated rings. The highest BCUT2D eigenvalue weighted by molar-refractivity contribution is 5.44. The quantitative estimate of drug-likeness (QED) is 0.529. The van der Waals surface area contributed by atoms with Crippen molar-refractivity contribution in [2.75, 3.05) is 0 Å². The molecule has 3 aromatic rings. The Balaban J connectivity index is 1.31. The first kappa shape index (κ1) is 21.9. The van der Waals surface area contributed by atoms with Gasteiger partial charge < -0.3 is 20.3 Å². The first-order valence-corrected chi connectivity index (χ1v) is 11.8. The van der Waals surface area contributed by atoms with Crippen LogP contribution in [-0.2, 0) is 5.41 Å². The SMILES string of the molecule is CC(O)c1ccc(Oc2ccc(C3(c4ccc(O[C@H]5C[C@H](N)C5)cc4)CCCC3)cc2)nn1. The van der Waals surface area contributed by atoms with Gasteiger partial charge in [-0.3, -0.25) is 0 Å². The van der Waals surface area contributed by atoms with Crippen LogP contribution in [0, 0.1) is 0 Å². The number of hydrogen-bond acceptors (Lipinski definition) is 6. The molecule has 0 amide bonds. The Kier molecular flexibility index (Phi) is 6.04. The van der Waals surface area contributed by atoms with Crippen molar-refractivity contribution in [3.63, 3.8) is 0 Å². The van der Waals surface area contributed by atoms with E-state index >= 15 is 0 Å². The summed E-state index contributed by atoms with van der Waals surface area (Å²) in [6, 6.07) is 20.7. The lowest BCUT2D eigenvalue weighted by Gasteiger charge is -2.33. The molecule has 6 heteroatoms. The molecule has 0 bridgehead atoms. The fourth-order valence-electron chi connectivity index (χ4n) is 5.04. The lowest BCUT2D eigenvalue weighted by Crippen LogP contribution is -2.43. The van der Waals surface area contributed by atoms with Gasteiger partial charge in [-0.1, -0.05) is 37.1 Å². The zero-order chi connectivity index (χ0) is 22.8. The van der Waals surface area contributed by atoms with Gasteiger partial charge in [0.15, 0.2) is 0 Å². The number of aliphatic hydroxyl groups is 1. The predicted molar refractivity (Wildman–Crippen MR) is 126 cm³/mol. The lowest BCUT2D eigenvalue weighted by atomic mass is 9.73. The van der Waals surface area contributed by atoms with Crippen LogP contribution >= 0.6 is 0 Å². The van der Waals surface area contributed by atoms with E-state index in [2.05, 4.69) is 46.6 Å². The van der Waals surface area contributed by atoms with E-state index < -0.39 is 6.10 Å². The van der Waals surface area contributed by atoms with Crippen molar-refractivity contribution in [3.8, 4) is 17.4 Å². The van der Waals surface area contributed by atoms with Crippen molar-refractivity contribution in [2.45, 2.75) is 69.1 Å². The first-order chi connectivity index (χ1) is 16.0. The predicted octanol–water partition coefficient (Wildman–Crippen LogP) is 5.05. The van der Waals surface area contributed by atoms with Gasteiger partial charge in [0.25, 0.3) is 0 Å². The molecular weight excluding hydrogens is 414 g/mol. The number of hydrogen-bond donors (Lipinski definition) is 2. The fourth-order valence-corrected chi connectivity index (χ4v) is 5.04. The lowest BCUT2D eigenvalue weighted by molar-refractivity contribution is 0.101. The third-order valence-corrected chi connectivity index (χ3v) is 7.02. The van der Waals surface area contributed by atoms with Gasteiger partial charge in [0.1, 0.15) is 17.6 Å². The van der Waals surface area contributed by atoms with E-state index in [0.717, 1.165) is 31.4 Å². The Morgan fingerprint density at radius 1 is 0.879 bits per heavy atom. The number of nitrogens with zero attached hydrogens (tertiary/aromatic N) is 2. The molecule has 2 aromatic carbocycles. The van der Waals surface area contributed by atoms with Gasteiger partial charge >= 0.3 is 0 Å². The normalized spacial score (nSPS) is 22.4. The van der Waals surface area contributed by atoms with Crippen molar-refractivity contribution in [2.24, 2.45) is 5.73 Å². The summed E-state index contributed by atoms with van der Waals surface area (Å²) in [6.07, 6.45) is 6.21. The van der Waals surface area contributed by atoms with E-state index in [4.69, 9.17) is 15.2 Å². The summed E-state index contributed by atoms with van der Waals surface area (Å²) in [5, 5.41) is 17.6. The monoisotopic (exact) mass is 445 g/mol. The van der Waals surface area contributed by atoms with Gasteiger partial charge in [-0.25, -0.2) is 0 Å². The average Bonchev–Trinajstić information content (AvgIpc) is 3.31. The van der Waals surface area contributed by atoms with E-state index in [-0.39, 0.29) is 11.5 Å². The highest BCUT2D eigenvalue weighted by Gasteiger charge is 2.37. The van der Waals surface area contributed by atoms with Crippen LogP contribution in [0.5, 0.6) is 17.4 Å². The molecule has 1 unspecified atom stereocenters. The Morgan fingerprint density at radius 2 is 1.48 bits per heavy atom. The Morgan fingerprint density at radius 3 is 2.00 bits per heavy atom. The van der Waals surface area contributed by atoms with Gasteiger partial charge in [0, 0.05) is 17.5 Å². The smallest absolute Gasteiger partial charge is 0.238 e. The van der Waals surface area contributed by atoms with E-state index in [9.17, 15) is 5.11 Å². The molecule has 5 rings (SSSR count). The van der Waals surface area contributed by atoms with Gasteiger partial charge in [0.05, 0.1) is 11.8 Å². The maximum atomic E-state index is 9.58. The van der Waals surface area contributed by atoms with E-state index in [0.29, 0.717) is 23.4 Å². The first-order valence-electron chi connectivity index (χ1n) is 11.8. The van der Waals surface area contributed by atoms with Crippen LogP contribution in [0.15, 0.2) is 60.7 Å². The number of nitrogens with two attached hydrogens (primary N) is 1. The van der Waals surface area contributed by atoms with Crippen LogP contribution in [-0.4, -0.2) is 27.4 Å². The molecule has 2 aliphatic carbocycles. The molecule has 0 radical (unpaired) electrons.